The van der Waals surface area contributed by atoms with Crippen molar-refractivity contribution in [3.8, 4) is 0 Å². The molecule has 0 aromatic heterocycles. The van der Waals surface area contributed by atoms with Crippen LogP contribution in [-0.2, 0) is 16.1 Å². The molecule has 1 unspecified atom stereocenters. The minimum Gasteiger partial charge on any atom is -0.348 e. The highest BCUT2D eigenvalue weighted by atomic mass is 16.2. The Bertz CT molecular complexity index is 656. The number of carbonyl (C=O) groups is 3. The lowest BCUT2D eigenvalue weighted by Crippen LogP contribution is -2.43. The van der Waals surface area contributed by atoms with Crippen LogP contribution in [0.15, 0.2) is 18.2 Å². The normalized spacial score (nSPS) is 18.4. The van der Waals surface area contributed by atoms with E-state index in [9.17, 15) is 14.4 Å². The number of anilines is 1. The van der Waals surface area contributed by atoms with E-state index >= 15 is 0 Å². The Labute approximate surface area is 135 Å². The van der Waals surface area contributed by atoms with Crippen molar-refractivity contribution in [3.63, 3.8) is 0 Å². The standard InChI is InChI=1S/C17H21N3O3/c1-11(20-8-3-2-7-15(20)22)9-14(21)19-13-6-4-5-12-10-18-17(23)16(12)13/h4-6,11H,2-3,7-10H2,1H3,(H,18,23)(H,19,21). The maximum Gasteiger partial charge on any atom is 0.254 e. The quantitative estimate of drug-likeness (QED) is 0.887. The summed E-state index contributed by atoms with van der Waals surface area (Å²) in [6, 6.07) is 5.30. The Morgan fingerprint density at radius 2 is 2.17 bits per heavy atom. The van der Waals surface area contributed by atoms with Crippen molar-refractivity contribution in [1.29, 1.82) is 0 Å². The summed E-state index contributed by atoms with van der Waals surface area (Å²) in [5.41, 5.74) is 1.98. The molecule has 122 valence electrons. The highest BCUT2D eigenvalue weighted by molar-refractivity contribution is 6.06. The van der Waals surface area contributed by atoms with Crippen LogP contribution >= 0.6 is 0 Å². The van der Waals surface area contributed by atoms with Crippen molar-refractivity contribution in [1.82, 2.24) is 10.2 Å². The summed E-state index contributed by atoms with van der Waals surface area (Å²) >= 11 is 0. The molecular weight excluding hydrogens is 294 g/mol. The first-order chi connectivity index (χ1) is 11.1. The number of carbonyl (C=O) groups excluding carboxylic acids is 3. The minimum absolute atomic E-state index is 0.122. The van der Waals surface area contributed by atoms with Gasteiger partial charge in [-0.3, -0.25) is 14.4 Å². The summed E-state index contributed by atoms with van der Waals surface area (Å²) in [6.45, 7) is 3.11. The molecule has 6 heteroatoms. The molecule has 6 nitrogen and oxygen atoms in total. The summed E-state index contributed by atoms with van der Waals surface area (Å²) in [5, 5.41) is 5.57. The molecule has 1 atom stereocenters. The fourth-order valence-electron chi connectivity index (χ4n) is 3.26. The van der Waals surface area contributed by atoms with E-state index in [2.05, 4.69) is 10.6 Å². The van der Waals surface area contributed by atoms with Crippen LogP contribution in [0.5, 0.6) is 0 Å². The van der Waals surface area contributed by atoms with Gasteiger partial charge in [0.25, 0.3) is 5.91 Å². The van der Waals surface area contributed by atoms with Crippen LogP contribution < -0.4 is 10.6 Å². The average molecular weight is 315 g/mol. The number of nitrogens with zero attached hydrogens (tertiary/aromatic N) is 1. The average Bonchev–Trinajstić information content (AvgIpc) is 2.90. The van der Waals surface area contributed by atoms with E-state index in [4.69, 9.17) is 0 Å². The van der Waals surface area contributed by atoms with Crippen molar-refractivity contribution in [2.24, 2.45) is 0 Å². The Kier molecular flexibility index (Phi) is 4.32. The fraction of sp³-hybridized carbons (Fsp3) is 0.471. The second kappa shape index (κ2) is 6.40. The van der Waals surface area contributed by atoms with Crippen molar-refractivity contribution in [3.05, 3.63) is 29.3 Å². The van der Waals surface area contributed by atoms with Crippen LogP contribution in [0.4, 0.5) is 5.69 Å². The Balaban J connectivity index is 1.65. The zero-order valence-electron chi connectivity index (χ0n) is 13.2. The molecule has 1 saturated heterocycles. The van der Waals surface area contributed by atoms with Gasteiger partial charge in [0.15, 0.2) is 0 Å². The summed E-state index contributed by atoms with van der Waals surface area (Å²) in [4.78, 5) is 37.9. The molecule has 1 fully saturated rings. The summed E-state index contributed by atoms with van der Waals surface area (Å²) in [7, 11) is 0. The molecule has 3 amide bonds. The first kappa shape index (κ1) is 15.5. The van der Waals surface area contributed by atoms with Crippen molar-refractivity contribution in [2.45, 2.75) is 45.2 Å². The maximum atomic E-state index is 12.3. The number of hydrogen-bond donors (Lipinski definition) is 2. The van der Waals surface area contributed by atoms with Gasteiger partial charge in [0.2, 0.25) is 11.8 Å². The first-order valence-corrected chi connectivity index (χ1v) is 8.05. The number of fused-ring (bicyclic) bond motifs is 1. The number of likely N-dealkylation sites (tertiary alicyclic amines) is 1. The zero-order chi connectivity index (χ0) is 16.4. The molecule has 0 aliphatic carbocycles. The van der Waals surface area contributed by atoms with Gasteiger partial charge >= 0.3 is 0 Å². The van der Waals surface area contributed by atoms with Crippen LogP contribution in [0, 0.1) is 0 Å². The van der Waals surface area contributed by atoms with Gasteiger partial charge in [0.05, 0.1) is 11.3 Å². The second-order valence-electron chi connectivity index (χ2n) is 6.17. The monoisotopic (exact) mass is 315 g/mol. The predicted molar refractivity (Wildman–Crippen MR) is 85.9 cm³/mol. The second-order valence-corrected chi connectivity index (χ2v) is 6.17. The SMILES string of the molecule is CC(CC(=O)Nc1cccc2c1C(=O)NC2)N1CCCCC1=O. The molecule has 23 heavy (non-hydrogen) atoms. The maximum absolute atomic E-state index is 12.3. The zero-order valence-corrected chi connectivity index (χ0v) is 13.2. The van der Waals surface area contributed by atoms with Crippen LogP contribution in [0.25, 0.3) is 0 Å². The molecule has 2 aliphatic rings. The summed E-state index contributed by atoms with van der Waals surface area (Å²) in [6.07, 6.45) is 2.72. The number of rotatable bonds is 4. The van der Waals surface area contributed by atoms with Crippen LogP contribution in [0.1, 0.15) is 48.5 Å². The van der Waals surface area contributed by atoms with E-state index in [0.29, 0.717) is 24.2 Å². The van der Waals surface area contributed by atoms with E-state index in [1.807, 2.05) is 19.1 Å². The third-order valence-corrected chi connectivity index (χ3v) is 4.46. The van der Waals surface area contributed by atoms with Crippen molar-refractivity contribution >= 4 is 23.4 Å². The van der Waals surface area contributed by atoms with Gasteiger partial charge < -0.3 is 15.5 Å². The van der Waals surface area contributed by atoms with Crippen LogP contribution in [0.3, 0.4) is 0 Å². The number of benzene rings is 1. The highest BCUT2D eigenvalue weighted by Gasteiger charge is 2.26. The third-order valence-electron chi connectivity index (χ3n) is 4.46. The van der Waals surface area contributed by atoms with Gasteiger partial charge in [-0.05, 0) is 31.4 Å². The minimum atomic E-state index is -0.177. The third kappa shape index (κ3) is 3.21. The lowest BCUT2D eigenvalue weighted by Gasteiger charge is -2.32. The lowest BCUT2D eigenvalue weighted by molar-refractivity contribution is -0.136. The van der Waals surface area contributed by atoms with E-state index in [1.165, 1.54) is 0 Å². The molecule has 0 saturated carbocycles. The smallest absolute Gasteiger partial charge is 0.254 e. The number of hydrogen-bond acceptors (Lipinski definition) is 3. The lowest BCUT2D eigenvalue weighted by atomic mass is 10.1. The Morgan fingerprint density at radius 3 is 2.96 bits per heavy atom. The highest BCUT2D eigenvalue weighted by Crippen LogP contribution is 2.24. The molecule has 2 N–H and O–H groups in total. The number of amides is 3. The largest absolute Gasteiger partial charge is 0.348 e. The fourth-order valence-corrected chi connectivity index (χ4v) is 3.26. The first-order valence-electron chi connectivity index (χ1n) is 8.05. The van der Waals surface area contributed by atoms with E-state index < -0.39 is 0 Å². The van der Waals surface area contributed by atoms with E-state index in [0.717, 1.165) is 24.9 Å². The van der Waals surface area contributed by atoms with Gasteiger partial charge in [-0.2, -0.15) is 0 Å². The topological polar surface area (TPSA) is 78.5 Å². The molecule has 1 aromatic carbocycles. The Hall–Kier alpha value is -2.37. The predicted octanol–water partition coefficient (Wildman–Crippen LogP) is 1.66. The van der Waals surface area contributed by atoms with Crippen LogP contribution in [0.2, 0.25) is 0 Å². The summed E-state index contributed by atoms with van der Waals surface area (Å²) < 4.78 is 0. The molecule has 0 radical (unpaired) electrons. The molecule has 2 heterocycles. The van der Waals surface area contributed by atoms with Gasteiger partial charge in [-0.15, -0.1) is 0 Å². The van der Waals surface area contributed by atoms with Gasteiger partial charge in [-0.1, -0.05) is 12.1 Å². The van der Waals surface area contributed by atoms with Crippen LogP contribution in [-0.4, -0.2) is 35.2 Å². The molecular formula is C17H21N3O3. The van der Waals surface area contributed by atoms with Crippen molar-refractivity contribution < 1.29 is 14.4 Å². The Morgan fingerprint density at radius 1 is 1.35 bits per heavy atom. The van der Waals surface area contributed by atoms with Crippen molar-refractivity contribution in [2.75, 3.05) is 11.9 Å². The molecule has 3 rings (SSSR count). The molecule has 1 aromatic rings. The van der Waals surface area contributed by atoms with Gasteiger partial charge in [-0.25, -0.2) is 0 Å². The van der Waals surface area contributed by atoms with E-state index in [1.54, 1.807) is 11.0 Å². The molecule has 0 spiro atoms. The number of piperidine rings is 1. The van der Waals surface area contributed by atoms with Gasteiger partial charge in [0.1, 0.15) is 0 Å². The van der Waals surface area contributed by atoms with E-state index in [-0.39, 0.29) is 30.2 Å². The molecule has 0 bridgehead atoms. The number of nitrogens with one attached hydrogen (secondary N) is 2. The molecule has 2 aliphatic heterocycles. The summed E-state index contributed by atoms with van der Waals surface area (Å²) in [5.74, 6) is -0.212. The van der Waals surface area contributed by atoms with Gasteiger partial charge in [0, 0.05) is 32.0 Å².